The van der Waals surface area contributed by atoms with Gasteiger partial charge in [0.1, 0.15) is 0 Å². The molecule has 7 nitrogen and oxygen atoms in total. The van der Waals surface area contributed by atoms with Crippen LogP contribution in [0.5, 0.6) is 0 Å². The average molecular weight is 434 g/mol. The highest BCUT2D eigenvalue weighted by molar-refractivity contribution is 7.89. The van der Waals surface area contributed by atoms with Crippen molar-refractivity contribution in [2.75, 3.05) is 31.1 Å². The minimum Gasteiger partial charge on any atom is -0.368 e. The molecule has 2 heterocycles. The quantitative estimate of drug-likeness (QED) is 0.490. The number of aryl methyl sites for hydroxylation is 1. The zero-order valence-electron chi connectivity index (χ0n) is 17.0. The fraction of sp³-hybridized carbons (Fsp3) is 0.217. The number of rotatable bonds is 4. The van der Waals surface area contributed by atoms with Gasteiger partial charge in [0.2, 0.25) is 21.7 Å². The SMILES string of the molecule is Cc1nc(-c2c[c]ccc2N2CCN(S(=O)(=O)c3cccc4ccccc34)CC2)no1. The number of hydrogen-bond donors (Lipinski definition) is 0. The van der Waals surface area contributed by atoms with Gasteiger partial charge in [-0.25, -0.2) is 8.42 Å². The lowest BCUT2D eigenvalue weighted by atomic mass is 10.1. The van der Waals surface area contributed by atoms with E-state index < -0.39 is 10.0 Å². The number of nitrogens with zero attached hydrogens (tertiary/aromatic N) is 4. The van der Waals surface area contributed by atoms with E-state index in [1.54, 1.807) is 23.4 Å². The molecule has 0 unspecified atom stereocenters. The molecule has 0 N–H and O–H groups in total. The molecule has 1 saturated heterocycles. The molecule has 1 radical (unpaired) electrons. The van der Waals surface area contributed by atoms with Gasteiger partial charge in [0.25, 0.3) is 0 Å². The van der Waals surface area contributed by atoms with E-state index in [0.29, 0.717) is 42.8 Å². The summed E-state index contributed by atoms with van der Waals surface area (Å²) in [5.74, 6) is 1.01. The van der Waals surface area contributed by atoms with Crippen LogP contribution in [-0.4, -0.2) is 49.0 Å². The zero-order chi connectivity index (χ0) is 21.4. The molecule has 157 valence electrons. The number of anilines is 1. The molecule has 1 aromatic heterocycles. The first-order valence-electron chi connectivity index (χ1n) is 10.1. The summed E-state index contributed by atoms with van der Waals surface area (Å²) < 4.78 is 33.5. The summed E-state index contributed by atoms with van der Waals surface area (Å²) >= 11 is 0. The summed E-state index contributed by atoms with van der Waals surface area (Å²) in [6.07, 6.45) is 0. The van der Waals surface area contributed by atoms with Crippen LogP contribution in [0.3, 0.4) is 0 Å². The van der Waals surface area contributed by atoms with Crippen LogP contribution in [0.15, 0.2) is 70.1 Å². The van der Waals surface area contributed by atoms with Crippen LogP contribution in [0.1, 0.15) is 5.89 Å². The van der Waals surface area contributed by atoms with Crippen molar-refractivity contribution in [1.82, 2.24) is 14.4 Å². The molecule has 1 aliphatic rings. The Balaban J connectivity index is 1.40. The number of fused-ring (bicyclic) bond motifs is 1. The number of piperazine rings is 1. The monoisotopic (exact) mass is 433 g/mol. The molecule has 5 rings (SSSR count). The third kappa shape index (κ3) is 3.58. The van der Waals surface area contributed by atoms with E-state index in [2.05, 4.69) is 21.1 Å². The Bertz CT molecular complexity index is 1340. The molecule has 0 aliphatic carbocycles. The maximum atomic E-state index is 13.4. The summed E-state index contributed by atoms with van der Waals surface area (Å²) in [7, 11) is -3.59. The van der Waals surface area contributed by atoms with E-state index in [0.717, 1.165) is 22.0 Å². The van der Waals surface area contributed by atoms with Crippen LogP contribution in [0, 0.1) is 13.0 Å². The van der Waals surface area contributed by atoms with Gasteiger partial charge in [-0.05, 0) is 29.7 Å². The second-order valence-electron chi connectivity index (χ2n) is 7.45. The van der Waals surface area contributed by atoms with Gasteiger partial charge in [-0.15, -0.1) is 0 Å². The van der Waals surface area contributed by atoms with Gasteiger partial charge in [-0.2, -0.15) is 9.29 Å². The highest BCUT2D eigenvalue weighted by atomic mass is 32.2. The summed E-state index contributed by atoms with van der Waals surface area (Å²) in [6, 6.07) is 21.7. The lowest BCUT2D eigenvalue weighted by Gasteiger charge is -2.36. The second-order valence-corrected chi connectivity index (χ2v) is 9.36. The molecule has 1 fully saturated rings. The first-order chi connectivity index (χ1) is 15.0. The van der Waals surface area contributed by atoms with Gasteiger partial charge in [-0.1, -0.05) is 47.6 Å². The largest absolute Gasteiger partial charge is 0.368 e. The minimum absolute atomic E-state index is 0.358. The van der Waals surface area contributed by atoms with E-state index in [9.17, 15) is 8.42 Å². The van der Waals surface area contributed by atoms with Crippen molar-refractivity contribution in [3.8, 4) is 11.4 Å². The summed E-state index contributed by atoms with van der Waals surface area (Å²) in [5, 5.41) is 5.70. The van der Waals surface area contributed by atoms with Crippen molar-refractivity contribution in [1.29, 1.82) is 0 Å². The smallest absolute Gasteiger partial charge is 0.243 e. The van der Waals surface area contributed by atoms with Crippen LogP contribution >= 0.6 is 0 Å². The molecule has 0 amide bonds. The first-order valence-corrected chi connectivity index (χ1v) is 11.5. The molecule has 0 spiro atoms. The van der Waals surface area contributed by atoms with E-state index in [4.69, 9.17) is 4.52 Å². The average Bonchev–Trinajstić information content (AvgIpc) is 3.25. The van der Waals surface area contributed by atoms with Crippen LogP contribution in [0.25, 0.3) is 22.2 Å². The second kappa shape index (κ2) is 7.79. The van der Waals surface area contributed by atoms with E-state index in [1.165, 1.54) is 0 Å². The standard InChI is InChI=1S/C23H21N4O3S/c1-17-24-23(25-30-17)20-10-4-5-11-21(20)26-13-15-27(16-14-26)31(28,29)22-12-6-8-18-7-2-3-9-19(18)22/h2-3,5-12H,13-16H2,1H3. The van der Waals surface area contributed by atoms with Crippen molar-refractivity contribution in [3.63, 3.8) is 0 Å². The number of benzene rings is 3. The lowest BCUT2D eigenvalue weighted by molar-refractivity contribution is 0.385. The van der Waals surface area contributed by atoms with Gasteiger partial charge in [0.05, 0.1) is 4.90 Å². The molecule has 31 heavy (non-hydrogen) atoms. The third-order valence-electron chi connectivity index (χ3n) is 5.56. The number of hydrogen-bond acceptors (Lipinski definition) is 6. The third-order valence-corrected chi connectivity index (χ3v) is 7.51. The lowest BCUT2D eigenvalue weighted by Crippen LogP contribution is -2.48. The van der Waals surface area contributed by atoms with Crippen LogP contribution in [-0.2, 0) is 10.0 Å². The molecular weight excluding hydrogens is 412 g/mol. The van der Waals surface area contributed by atoms with Crippen molar-refractivity contribution >= 4 is 26.5 Å². The fourth-order valence-corrected chi connectivity index (χ4v) is 5.65. The molecule has 4 aromatic rings. The molecule has 8 heteroatoms. The predicted octanol–water partition coefficient (Wildman–Crippen LogP) is 3.51. The minimum atomic E-state index is -3.59. The summed E-state index contributed by atoms with van der Waals surface area (Å²) in [5.41, 5.74) is 1.77. The Kier molecular flexibility index (Phi) is 4.95. The first kappa shape index (κ1) is 19.7. The van der Waals surface area contributed by atoms with Gasteiger partial charge in [0, 0.05) is 49.7 Å². The van der Waals surface area contributed by atoms with Gasteiger partial charge in [0.15, 0.2) is 0 Å². The normalized spacial score (nSPS) is 15.5. The van der Waals surface area contributed by atoms with Gasteiger partial charge in [-0.3, -0.25) is 0 Å². The van der Waals surface area contributed by atoms with Crippen molar-refractivity contribution in [3.05, 3.63) is 72.6 Å². The molecular formula is C23H21N4O3S. The number of aromatic nitrogens is 2. The van der Waals surface area contributed by atoms with Crippen molar-refractivity contribution in [2.45, 2.75) is 11.8 Å². The number of sulfonamides is 1. The summed E-state index contributed by atoms with van der Waals surface area (Å²) in [6.45, 7) is 3.68. The van der Waals surface area contributed by atoms with E-state index in [-0.39, 0.29) is 0 Å². The highest BCUT2D eigenvalue weighted by Gasteiger charge is 2.30. The molecule has 1 aliphatic heterocycles. The Morgan fingerprint density at radius 3 is 2.55 bits per heavy atom. The van der Waals surface area contributed by atoms with Crippen LogP contribution in [0.4, 0.5) is 5.69 Å². The molecule has 3 aromatic carbocycles. The topological polar surface area (TPSA) is 79.5 Å². The maximum Gasteiger partial charge on any atom is 0.243 e. The molecule has 0 saturated carbocycles. The van der Waals surface area contributed by atoms with E-state index >= 15 is 0 Å². The maximum absolute atomic E-state index is 13.4. The highest BCUT2D eigenvalue weighted by Crippen LogP contribution is 2.31. The fourth-order valence-electron chi connectivity index (χ4n) is 4.01. The van der Waals surface area contributed by atoms with Gasteiger partial charge >= 0.3 is 0 Å². The Hall–Kier alpha value is -3.23. The van der Waals surface area contributed by atoms with E-state index in [1.807, 2.05) is 48.5 Å². The zero-order valence-corrected chi connectivity index (χ0v) is 17.8. The summed E-state index contributed by atoms with van der Waals surface area (Å²) in [4.78, 5) is 6.84. The Morgan fingerprint density at radius 1 is 1.00 bits per heavy atom. The van der Waals surface area contributed by atoms with Crippen molar-refractivity contribution < 1.29 is 12.9 Å². The Morgan fingerprint density at radius 2 is 1.77 bits per heavy atom. The van der Waals surface area contributed by atoms with Crippen LogP contribution in [0.2, 0.25) is 0 Å². The van der Waals surface area contributed by atoms with Crippen LogP contribution < -0.4 is 4.90 Å². The predicted molar refractivity (Wildman–Crippen MR) is 118 cm³/mol. The van der Waals surface area contributed by atoms with Gasteiger partial charge < -0.3 is 9.42 Å². The molecule has 0 atom stereocenters. The Labute approximate surface area is 181 Å². The molecule has 0 bridgehead atoms. The van der Waals surface area contributed by atoms with Crippen molar-refractivity contribution in [2.24, 2.45) is 0 Å².